The molecule has 1 aliphatic rings. The first-order valence-corrected chi connectivity index (χ1v) is 13.7. The van der Waals surface area contributed by atoms with Gasteiger partial charge >= 0.3 is 0 Å². The molecule has 8 heteroatoms. The van der Waals surface area contributed by atoms with Crippen molar-refractivity contribution in [3.63, 3.8) is 0 Å². The maximum absolute atomic E-state index is 10.3. The summed E-state index contributed by atoms with van der Waals surface area (Å²) < 4.78 is 12.3. The Bertz CT molecular complexity index is 877. The molecule has 0 aromatic heterocycles. The smallest absolute Gasteiger partial charge is 0.133 e. The summed E-state index contributed by atoms with van der Waals surface area (Å²) in [5.41, 5.74) is 2.05. The van der Waals surface area contributed by atoms with Crippen LogP contribution < -0.4 is 9.47 Å². The normalized spacial score (nSPS) is 16.9. The molecule has 1 saturated heterocycles. The minimum absolute atomic E-state index is 0.138. The highest BCUT2D eigenvalue weighted by molar-refractivity contribution is 9.10. The lowest BCUT2D eigenvalue weighted by atomic mass is 9.78. The summed E-state index contributed by atoms with van der Waals surface area (Å²) in [4.78, 5) is 2.30. The number of aliphatic hydroxyl groups is 2. The van der Waals surface area contributed by atoms with Crippen LogP contribution in [-0.2, 0) is 5.41 Å². The standard InChI is InChI=1S/C25H33BrClNO4S/c1-25(2,19-5-8-24(23(26)13-19)32-16-20(29)14-27)18-3-6-22(7-4-18)31-17-21(30)15-28-9-11-33-12-10-28/h3-8,13,20-21,29-30H,9-12,14-17H2,1-2H3/t20-,21+/m1/s1. The number of hydrogen-bond acceptors (Lipinski definition) is 6. The van der Waals surface area contributed by atoms with E-state index in [9.17, 15) is 10.2 Å². The monoisotopic (exact) mass is 557 g/mol. The van der Waals surface area contributed by atoms with Gasteiger partial charge in [-0.2, -0.15) is 11.8 Å². The van der Waals surface area contributed by atoms with E-state index in [2.05, 4.69) is 46.8 Å². The van der Waals surface area contributed by atoms with Gasteiger partial charge in [0.2, 0.25) is 0 Å². The van der Waals surface area contributed by atoms with Crippen molar-refractivity contribution in [2.24, 2.45) is 0 Å². The zero-order chi connectivity index (χ0) is 23.8. The predicted octanol–water partition coefficient (Wildman–Crippen LogP) is 4.54. The van der Waals surface area contributed by atoms with E-state index in [0.717, 1.165) is 45.9 Å². The molecule has 2 atom stereocenters. The Morgan fingerprint density at radius 1 is 1.00 bits per heavy atom. The molecule has 1 aliphatic heterocycles. The number of β-amino-alcohol motifs (C(OH)–C–C–N with tert-alkyl or cyclic N) is 1. The second kappa shape index (κ2) is 12.7. The lowest BCUT2D eigenvalue weighted by Crippen LogP contribution is -2.40. The highest BCUT2D eigenvalue weighted by Gasteiger charge is 2.24. The highest BCUT2D eigenvalue weighted by atomic mass is 79.9. The van der Waals surface area contributed by atoms with E-state index in [-0.39, 0.29) is 17.9 Å². The van der Waals surface area contributed by atoms with E-state index < -0.39 is 12.2 Å². The number of benzene rings is 2. The molecule has 0 radical (unpaired) electrons. The van der Waals surface area contributed by atoms with Crippen molar-refractivity contribution in [3.8, 4) is 11.5 Å². The number of hydrogen-bond donors (Lipinski definition) is 2. The van der Waals surface area contributed by atoms with Crippen LogP contribution in [-0.4, -0.2) is 77.6 Å². The van der Waals surface area contributed by atoms with Gasteiger partial charge in [-0.15, -0.1) is 11.6 Å². The molecule has 1 heterocycles. The maximum Gasteiger partial charge on any atom is 0.133 e. The Morgan fingerprint density at radius 3 is 2.27 bits per heavy atom. The molecule has 182 valence electrons. The minimum atomic E-state index is -0.694. The van der Waals surface area contributed by atoms with Gasteiger partial charge in [-0.3, -0.25) is 4.90 Å². The number of alkyl halides is 1. The van der Waals surface area contributed by atoms with Gasteiger partial charge in [0, 0.05) is 36.6 Å². The minimum Gasteiger partial charge on any atom is -0.491 e. The van der Waals surface area contributed by atoms with Gasteiger partial charge in [0.1, 0.15) is 36.9 Å². The fourth-order valence-electron chi connectivity index (χ4n) is 3.70. The molecule has 2 aromatic rings. The van der Waals surface area contributed by atoms with Gasteiger partial charge in [0.15, 0.2) is 0 Å². The zero-order valence-corrected chi connectivity index (χ0v) is 22.3. The summed E-state index contributed by atoms with van der Waals surface area (Å²) in [6, 6.07) is 14.0. The van der Waals surface area contributed by atoms with Crippen molar-refractivity contribution in [2.45, 2.75) is 31.5 Å². The van der Waals surface area contributed by atoms with Crippen molar-refractivity contribution in [1.82, 2.24) is 4.90 Å². The number of rotatable bonds is 11. The predicted molar refractivity (Wildman–Crippen MR) is 140 cm³/mol. The topological polar surface area (TPSA) is 62.2 Å². The third kappa shape index (κ3) is 7.77. The van der Waals surface area contributed by atoms with E-state index in [0.29, 0.717) is 18.9 Å². The van der Waals surface area contributed by atoms with E-state index in [1.54, 1.807) is 0 Å². The molecule has 0 saturated carbocycles. The molecule has 0 unspecified atom stereocenters. The average Bonchev–Trinajstić information content (AvgIpc) is 2.82. The molecule has 2 aromatic carbocycles. The molecule has 1 fully saturated rings. The van der Waals surface area contributed by atoms with Crippen LogP contribution in [0.5, 0.6) is 11.5 Å². The lowest BCUT2D eigenvalue weighted by molar-refractivity contribution is 0.0715. The second-order valence-electron chi connectivity index (χ2n) is 8.79. The Kier molecular flexibility index (Phi) is 10.2. The van der Waals surface area contributed by atoms with E-state index in [1.165, 1.54) is 0 Å². The molecule has 2 N–H and O–H groups in total. The SMILES string of the molecule is CC(C)(c1ccc(OC[C@@H](O)CN2CCSCC2)cc1)c1ccc(OC[C@H](O)CCl)c(Br)c1. The Morgan fingerprint density at radius 2 is 1.64 bits per heavy atom. The van der Waals surface area contributed by atoms with Crippen molar-refractivity contribution < 1.29 is 19.7 Å². The molecule has 33 heavy (non-hydrogen) atoms. The van der Waals surface area contributed by atoms with Gasteiger partial charge in [-0.05, 0) is 51.3 Å². The van der Waals surface area contributed by atoms with Crippen LogP contribution in [0.15, 0.2) is 46.9 Å². The zero-order valence-electron chi connectivity index (χ0n) is 19.2. The Labute approximate surface area is 214 Å². The van der Waals surface area contributed by atoms with Gasteiger partial charge in [0.05, 0.1) is 10.4 Å². The van der Waals surface area contributed by atoms with Crippen LogP contribution in [0, 0.1) is 0 Å². The first kappa shape index (κ1) is 26.6. The second-order valence-corrected chi connectivity index (χ2v) is 11.2. The number of halogens is 2. The number of aliphatic hydroxyl groups excluding tert-OH is 2. The molecular formula is C25H33BrClNO4S. The molecule has 3 rings (SSSR count). The quantitative estimate of drug-likeness (QED) is 0.395. The van der Waals surface area contributed by atoms with Crippen LogP contribution in [0.25, 0.3) is 0 Å². The Hall–Kier alpha value is -0.960. The number of nitrogens with zero attached hydrogens (tertiary/aromatic N) is 1. The summed E-state index contributed by atoms with van der Waals surface area (Å²) in [6.45, 7) is 7.50. The fraction of sp³-hybridized carbons (Fsp3) is 0.520. The first-order valence-electron chi connectivity index (χ1n) is 11.2. The molecule has 0 amide bonds. The molecule has 5 nitrogen and oxygen atoms in total. The third-order valence-corrected chi connectivity index (χ3v) is 7.77. The third-order valence-electron chi connectivity index (χ3n) is 5.85. The van der Waals surface area contributed by atoms with Crippen molar-refractivity contribution in [2.75, 3.05) is 50.2 Å². The first-order chi connectivity index (χ1) is 15.8. The summed E-state index contributed by atoms with van der Waals surface area (Å²) in [5, 5.41) is 19.9. The van der Waals surface area contributed by atoms with Crippen LogP contribution in [0.2, 0.25) is 0 Å². The number of thioether (sulfide) groups is 1. The van der Waals surface area contributed by atoms with Crippen molar-refractivity contribution in [1.29, 1.82) is 0 Å². The molecule has 0 aliphatic carbocycles. The van der Waals surface area contributed by atoms with Crippen LogP contribution in [0.4, 0.5) is 0 Å². The van der Waals surface area contributed by atoms with Crippen LogP contribution in [0.1, 0.15) is 25.0 Å². The highest BCUT2D eigenvalue weighted by Crippen LogP contribution is 2.36. The number of ether oxygens (including phenoxy) is 2. The van der Waals surface area contributed by atoms with Crippen LogP contribution >= 0.6 is 39.3 Å². The molecule has 0 bridgehead atoms. The van der Waals surface area contributed by atoms with E-state index in [1.807, 2.05) is 42.1 Å². The summed E-state index contributed by atoms with van der Waals surface area (Å²) >= 11 is 11.2. The molecule has 0 spiro atoms. The summed E-state index contributed by atoms with van der Waals surface area (Å²) in [7, 11) is 0. The van der Waals surface area contributed by atoms with Gasteiger partial charge < -0.3 is 19.7 Å². The van der Waals surface area contributed by atoms with E-state index in [4.69, 9.17) is 21.1 Å². The van der Waals surface area contributed by atoms with Gasteiger partial charge in [-0.25, -0.2) is 0 Å². The van der Waals surface area contributed by atoms with Crippen molar-refractivity contribution >= 4 is 39.3 Å². The molecular weight excluding hydrogens is 526 g/mol. The maximum atomic E-state index is 10.3. The Balaban J connectivity index is 1.57. The summed E-state index contributed by atoms with van der Waals surface area (Å²) in [5.74, 6) is 3.83. The van der Waals surface area contributed by atoms with Crippen LogP contribution in [0.3, 0.4) is 0 Å². The van der Waals surface area contributed by atoms with Gasteiger partial charge in [0.25, 0.3) is 0 Å². The fourth-order valence-corrected chi connectivity index (χ4v) is 5.26. The average molecular weight is 559 g/mol. The summed E-state index contributed by atoms with van der Waals surface area (Å²) in [6.07, 6.45) is -1.19. The lowest BCUT2D eigenvalue weighted by Gasteiger charge is -2.28. The van der Waals surface area contributed by atoms with E-state index >= 15 is 0 Å². The van der Waals surface area contributed by atoms with Crippen molar-refractivity contribution in [3.05, 3.63) is 58.1 Å². The largest absolute Gasteiger partial charge is 0.491 e. The van der Waals surface area contributed by atoms with Gasteiger partial charge in [-0.1, -0.05) is 32.0 Å².